The van der Waals surface area contributed by atoms with Gasteiger partial charge in [0.15, 0.2) is 0 Å². The Morgan fingerprint density at radius 1 is 1.38 bits per heavy atom. The van der Waals surface area contributed by atoms with Gasteiger partial charge in [0, 0.05) is 19.0 Å². The highest BCUT2D eigenvalue weighted by Gasteiger charge is 2.36. The fourth-order valence-corrected chi connectivity index (χ4v) is 3.26. The fourth-order valence-electron chi connectivity index (χ4n) is 2.52. The number of hydrogen-bond acceptors (Lipinski definition) is 4. The van der Waals surface area contributed by atoms with Crippen molar-refractivity contribution in [2.75, 3.05) is 16.8 Å². The van der Waals surface area contributed by atoms with E-state index in [4.69, 9.17) is 5.26 Å². The van der Waals surface area contributed by atoms with E-state index in [2.05, 4.69) is 5.32 Å². The molecule has 3 rings (SSSR count). The Morgan fingerprint density at radius 2 is 2.17 bits per heavy atom. The lowest BCUT2D eigenvalue weighted by atomic mass is 10.1. The second kappa shape index (κ2) is 6.37. The number of nitriles is 1. The molecule has 0 spiro atoms. The molecular weight excluding hydrogens is 336 g/mol. The zero-order chi connectivity index (χ0) is 17.3. The van der Waals surface area contributed by atoms with Crippen LogP contribution in [0.5, 0.6) is 0 Å². The SMILES string of the molecule is N#Cc1ccsc1NC(=O)C1CC(=O)N(c2ccc(F)cc2F)C1. The fraction of sp³-hybridized carbons (Fsp3) is 0.188. The molecule has 0 radical (unpaired) electrons. The molecule has 1 unspecified atom stereocenters. The van der Waals surface area contributed by atoms with E-state index < -0.39 is 29.4 Å². The Bertz CT molecular complexity index is 859. The van der Waals surface area contributed by atoms with Crippen LogP contribution < -0.4 is 10.2 Å². The molecule has 2 heterocycles. The van der Waals surface area contributed by atoms with Crippen molar-refractivity contribution >= 4 is 33.8 Å². The van der Waals surface area contributed by atoms with Gasteiger partial charge in [-0.05, 0) is 23.6 Å². The van der Waals surface area contributed by atoms with E-state index in [1.807, 2.05) is 6.07 Å². The van der Waals surface area contributed by atoms with Crippen LogP contribution in [-0.2, 0) is 9.59 Å². The maximum atomic E-state index is 13.8. The summed E-state index contributed by atoms with van der Waals surface area (Å²) in [4.78, 5) is 25.5. The summed E-state index contributed by atoms with van der Waals surface area (Å²) in [6.07, 6.45) is -0.0735. The van der Waals surface area contributed by atoms with Gasteiger partial charge >= 0.3 is 0 Å². The summed E-state index contributed by atoms with van der Waals surface area (Å²) in [5.41, 5.74) is 0.296. The number of hydrogen-bond donors (Lipinski definition) is 1. The van der Waals surface area contributed by atoms with Crippen molar-refractivity contribution in [2.24, 2.45) is 5.92 Å². The molecular formula is C16H11F2N3O2S. The number of nitrogens with zero attached hydrogens (tertiary/aromatic N) is 2. The molecule has 1 saturated heterocycles. The van der Waals surface area contributed by atoms with Crippen molar-refractivity contribution in [3.63, 3.8) is 0 Å². The number of benzene rings is 1. The molecule has 5 nitrogen and oxygen atoms in total. The summed E-state index contributed by atoms with van der Waals surface area (Å²) in [5, 5.41) is 13.7. The van der Waals surface area contributed by atoms with Crippen molar-refractivity contribution in [2.45, 2.75) is 6.42 Å². The molecule has 1 aliphatic heterocycles. The maximum Gasteiger partial charge on any atom is 0.230 e. The molecule has 0 aliphatic carbocycles. The van der Waals surface area contributed by atoms with Gasteiger partial charge in [-0.1, -0.05) is 0 Å². The minimum Gasteiger partial charge on any atom is -0.316 e. The Kier molecular flexibility index (Phi) is 4.27. The first-order valence-corrected chi connectivity index (χ1v) is 7.91. The maximum absolute atomic E-state index is 13.8. The Morgan fingerprint density at radius 3 is 2.88 bits per heavy atom. The van der Waals surface area contributed by atoms with E-state index in [0.717, 1.165) is 11.0 Å². The van der Waals surface area contributed by atoms with Crippen LogP contribution in [0, 0.1) is 28.9 Å². The van der Waals surface area contributed by atoms with Crippen LogP contribution in [-0.4, -0.2) is 18.4 Å². The van der Waals surface area contributed by atoms with Gasteiger partial charge in [0.1, 0.15) is 22.7 Å². The predicted octanol–water partition coefficient (Wildman–Crippen LogP) is 2.89. The Balaban J connectivity index is 1.75. The molecule has 8 heteroatoms. The minimum absolute atomic E-state index is 0.000477. The van der Waals surface area contributed by atoms with Gasteiger partial charge in [0.25, 0.3) is 0 Å². The monoisotopic (exact) mass is 347 g/mol. The van der Waals surface area contributed by atoms with Crippen molar-refractivity contribution in [1.29, 1.82) is 5.26 Å². The predicted molar refractivity (Wildman–Crippen MR) is 84.5 cm³/mol. The van der Waals surface area contributed by atoms with Crippen LogP contribution in [0.4, 0.5) is 19.5 Å². The van der Waals surface area contributed by atoms with Crippen LogP contribution in [0.1, 0.15) is 12.0 Å². The van der Waals surface area contributed by atoms with Crippen LogP contribution in [0.3, 0.4) is 0 Å². The molecule has 1 N–H and O–H groups in total. The summed E-state index contributed by atoms with van der Waals surface area (Å²) in [6.45, 7) is 0.000477. The first-order valence-electron chi connectivity index (χ1n) is 7.03. The third-order valence-electron chi connectivity index (χ3n) is 3.72. The molecule has 1 atom stereocenters. The Hall–Kier alpha value is -2.79. The summed E-state index contributed by atoms with van der Waals surface area (Å²) < 4.78 is 26.8. The lowest BCUT2D eigenvalue weighted by Crippen LogP contribution is -2.28. The van der Waals surface area contributed by atoms with Gasteiger partial charge in [-0.2, -0.15) is 5.26 Å². The first-order chi connectivity index (χ1) is 11.5. The Labute approximate surface area is 140 Å². The normalized spacial score (nSPS) is 17.0. The second-order valence-corrected chi connectivity index (χ2v) is 6.18. The zero-order valence-corrected chi connectivity index (χ0v) is 13.1. The lowest BCUT2D eigenvalue weighted by molar-refractivity contribution is -0.122. The molecule has 0 saturated carbocycles. The largest absolute Gasteiger partial charge is 0.316 e. The number of amides is 2. The number of anilines is 2. The molecule has 1 fully saturated rings. The highest BCUT2D eigenvalue weighted by Crippen LogP contribution is 2.29. The van der Waals surface area contributed by atoms with Crippen molar-refractivity contribution in [3.05, 3.63) is 46.8 Å². The number of carbonyl (C=O) groups is 2. The van der Waals surface area contributed by atoms with Crippen molar-refractivity contribution < 1.29 is 18.4 Å². The third-order valence-corrected chi connectivity index (χ3v) is 4.55. The van der Waals surface area contributed by atoms with Crippen molar-refractivity contribution in [3.8, 4) is 6.07 Å². The molecule has 2 amide bonds. The number of nitrogens with one attached hydrogen (secondary N) is 1. The molecule has 2 aromatic rings. The number of carbonyl (C=O) groups excluding carboxylic acids is 2. The molecule has 1 aliphatic rings. The minimum atomic E-state index is -0.852. The number of rotatable bonds is 3. The van der Waals surface area contributed by atoms with Gasteiger partial charge in [-0.3, -0.25) is 9.59 Å². The molecule has 1 aromatic heterocycles. The first kappa shape index (κ1) is 16.1. The third kappa shape index (κ3) is 2.98. The summed E-state index contributed by atoms with van der Waals surface area (Å²) in [6, 6.07) is 6.48. The van der Waals surface area contributed by atoms with Gasteiger partial charge in [0.2, 0.25) is 11.8 Å². The summed E-state index contributed by atoms with van der Waals surface area (Å²) >= 11 is 1.21. The summed E-state index contributed by atoms with van der Waals surface area (Å²) in [5.74, 6) is -3.08. The molecule has 1 aromatic carbocycles. The average Bonchev–Trinajstić information content (AvgIpc) is 3.14. The van der Waals surface area contributed by atoms with Gasteiger partial charge in [-0.15, -0.1) is 11.3 Å². The van der Waals surface area contributed by atoms with E-state index in [0.29, 0.717) is 16.6 Å². The van der Waals surface area contributed by atoms with E-state index in [1.165, 1.54) is 17.4 Å². The van der Waals surface area contributed by atoms with Crippen LogP contribution in [0.25, 0.3) is 0 Å². The second-order valence-electron chi connectivity index (χ2n) is 5.27. The molecule has 122 valence electrons. The topological polar surface area (TPSA) is 73.2 Å². The number of thiophene rings is 1. The molecule has 0 bridgehead atoms. The van der Waals surface area contributed by atoms with Crippen LogP contribution in [0.2, 0.25) is 0 Å². The van der Waals surface area contributed by atoms with E-state index in [-0.39, 0.29) is 18.7 Å². The van der Waals surface area contributed by atoms with Crippen molar-refractivity contribution in [1.82, 2.24) is 0 Å². The van der Waals surface area contributed by atoms with Gasteiger partial charge < -0.3 is 10.2 Å². The quantitative estimate of drug-likeness (QED) is 0.928. The smallest absolute Gasteiger partial charge is 0.230 e. The van der Waals surface area contributed by atoms with E-state index >= 15 is 0 Å². The van der Waals surface area contributed by atoms with Gasteiger partial charge in [0.05, 0.1) is 17.2 Å². The zero-order valence-electron chi connectivity index (χ0n) is 12.3. The van der Waals surface area contributed by atoms with Gasteiger partial charge in [-0.25, -0.2) is 8.78 Å². The van der Waals surface area contributed by atoms with Crippen LogP contribution >= 0.6 is 11.3 Å². The standard InChI is InChI=1S/C16H11F2N3O2S/c17-11-1-2-13(12(18)6-11)21-8-10(5-14(21)22)15(23)20-16-9(7-19)3-4-24-16/h1-4,6,10H,5,8H2,(H,20,23). The van der Waals surface area contributed by atoms with E-state index in [1.54, 1.807) is 11.4 Å². The highest BCUT2D eigenvalue weighted by molar-refractivity contribution is 7.14. The molecule has 24 heavy (non-hydrogen) atoms. The van der Waals surface area contributed by atoms with E-state index in [9.17, 15) is 18.4 Å². The lowest BCUT2D eigenvalue weighted by Gasteiger charge is -2.17. The number of halogens is 2. The van der Waals surface area contributed by atoms with Crippen LogP contribution in [0.15, 0.2) is 29.6 Å². The highest BCUT2D eigenvalue weighted by atomic mass is 32.1. The summed E-state index contributed by atoms with van der Waals surface area (Å²) in [7, 11) is 0. The average molecular weight is 347 g/mol.